The zero-order valence-electron chi connectivity index (χ0n) is 14.5. The van der Waals surface area contributed by atoms with Gasteiger partial charge in [0.05, 0.1) is 0 Å². The number of ether oxygens (including phenoxy) is 1. The van der Waals surface area contributed by atoms with Crippen LogP contribution in [0.15, 0.2) is 0 Å². The third kappa shape index (κ3) is 3.76. The lowest BCUT2D eigenvalue weighted by molar-refractivity contribution is -0.0170. The second kappa shape index (κ2) is 6.03. The lowest BCUT2D eigenvalue weighted by Crippen LogP contribution is -2.57. The van der Waals surface area contributed by atoms with Gasteiger partial charge < -0.3 is 15.4 Å². The van der Waals surface area contributed by atoms with E-state index in [1.165, 1.54) is 32.1 Å². The average Bonchev–Trinajstić information content (AvgIpc) is 2.38. The van der Waals surface area contributed by atoms with Crippen LogP contribution in [0.5, 0.6) is 0 Å². The summed E-state index contributed by atoms with van der Waals surface area (Å²) in [5.41, 5.74) is -0.428. The van der Waals surface area contributed by atoms with Gasteiger partial charge in [-0.2, -0.15) is 0 Å². The molecule has 4 bridgehead atoms. The quantitative estimate of drug-likeness (QED) is 0.837. The first kappa shape index (κ1) is 16.1. The summed E-state index contributed by atoms with van der Waals surface area (Å²) in [6.07, 6.45) is 6.89. The van der Waals surface area contributed by atoms with Crippen LogP contribution in [-0.2, 0) is 4.74 Å². The van der Waals surface area contributed by atoms with Crippen molar-refractivity contribution in [1.82, 2.24) is 10.6 Å². The van der Waals surface area contributed by atoms with Gasteiger partial charge in [-0.1, -0.05) is 0 Å². The third-order valence-electron chi connectivity index (χ3n) is 5.66. The van der Waals surface area contributed by atoms with Crippen molar-refractivity contribution in [1.29, 1.82) is 0 Å². The van der Waals surface area contributed by atoms with Crippen LogP contribution in [0.3, 0.4) is 0 Å². The first-order valence-corrected chi connectivity index (χ1v) is 9.03. The van der Waals surface area contributed by atoms with E-state index in [1.807, 2.05) is 20.8 Å². The number of hydrogen-bond donors (Lipinski definition) is 2. The molecule has 1 unspecified atom stereocenters. The zero-order valence-corrected chi connectivity index (χ0v) is 14.5. The van der Waals surface area contributed by atoms with Crippen LogP contribution in [0.4, 0.5) is 4.79 Å². The second-order valence-electron chi connectivity index (χ2n) is 8.91. The van der Waals surface area contributed by atoms with Gasteiger partial charge in [0.1, 0.15) is 5.60 Å². The lowest BCUT2D eigenvalue weighted by Gasteiger charge is -2.55. The molecule has 4 aliphatic rings. The van der Waals surface area contributed by atoms with Gasteiger partial charge in [-0.05, 0) is 83.5 Å². The molecular weight excluding hydrogens is 276 g/mol. The molecule has 0 aliphatic heterocycles. The standard InChI is InChI=1S/C18H32N2O2/c1-11(10-19-17(21)22-18(2,3)4)20-16-14-6-12-5-13(8-14)9-15(16)7-12/h11-16,20H,5-10H2,1-4H3,(H,19,21). The molecule has 1 atom stereocenters. The van der Waals surface area contributed by atoms with Gasteiger partial charge in [-0.25, -0.2) is 4.79 Å². The first-order chi connectivity index (χ1) is 10.3. The number of nitrogens with one attached hydrogen (secondary N) is 2. The molecule has 0 spiro atoms. The van der Waals surface area contributed by atoms with E-state index in [0.717, 1.165) is 23.7 Å². The zero-order chi connectivity index (χ0) is 15.9. The molecular formula is C18H32N2O2. The van der Waals surface area contributed by atoms with E-state index in [1.54, 1.807) is 0 Å². The predicted molar refractivity (Wildman–Crippen MR) is 87.7 cm³/mol. The number of hydrogen-bond acceptors (Lipinski definition) is 3. The van der Waals surface area contributed by atoms with Crippen molar-refractivity contribution in [2.45, 2.75) is 77.5 Å². The predicted octanol–water partition coefficient (Wildman–Crippen LogP) is 3.31. The third-order valence-corrected chi connectivity index (χ3v) is 5.66. The summed E-state index contributed by atoms with van der Waals surface area (Å²) < 4.78 is 5.29. The molecule has 0 aromatic carbocycles. The maximum atomic E-state index is 11.7. The summed E-state index contributed by atoms with van der Waals surface area (Å²) in [6, 6.07) is 0.971. The number of rotatable bonds is 4. The number of amides is 1. The van der Waals surface area contributed by atoms with E-state index in [2.05, 4.69) is 17.6 Å². The van der Waals surface area contributed by atoms with Gasteiger partial charge >= 0.3 is 6.09 Å². The Hall–Kier alpha value is -0.770. The molecule has 0 aromatic heterocycles. The number of carbonyl (C=O) groups is 1. The Labute approximate surface area is 134 Å². The smallest absolute Gasteiger partial charge is 0.407 e. The Kier molecular flexibility index (Phi) is 4.41. The molecule has 4 saturated carbocycles. The molecule has 0 heterocycles. The first-order valence-electron chi connectivity index (χ1n) is 9.03. The van der Waals surface area contributed by atoms with Crippen molar-refractivity contribution in [3.05, 3.63) is 0 Å². The molecule has 126 valence electrons. The van der Waals surface area contributed by atoms with E-state index < -0.39 is 5.60 Å². The molecule has 4 nitrogen and oxygen atoms in total. The fraction of sp³-hybridized carbons (Fsp3) is 0.944. The Bertz CT molecular complexity index is 388. The van der Waals surface area contributed by atoms with E-state index in [0.29, 0.717) is 18.6 Å². The molecule has 4 rings (SSSR count). The highest BCUT2D eigenvalue weighted by Gasteiger charge is 2.48. The molecule has 4 fully saturated rings. The molecule has 1 amide bonds. The van der Waals surface area contributed by atoms with Crippen molar-refractivity contribution in [3.63, 3.8) is 0 Å². The molecule has 0 radical (unpaired) electrons. The topological polar surface area (TPSA) is 50.4 Å². The SMILES string of the molecule is CC(CNC(=O)OC(C)(C)C)NC1C2CC3CC(C2)CC1C3. The van der Waals surface area contributed by atoms with Crippen molar-refractivity contribution in [2.75, 3.05) is 6.54 Å². The number of carbonyl (C=O) groups excluding carboxylic acids is 1. The van der Waals surface area contributed by atoms with Crippen molar-refractivity contribution >= 4 is 6.09 Å². The summed E-state index contributed by atoms with van der Waals surface area (Å²) in [4.78, 5) is 11.7. The maximum absolute atomic E-state index is 11.7. The highest BCUT2D eigenvalue weighted by atomic mass is 16.6. The van der Waals surface area contributed by atoms with Crippen LogP contribution in [0.2, 0.25) is 0 Å². The van der Waals surface area contributed by atoms with E-state index in [9.17, 15) is 4.79 Å². The van der Waals surface area contributed by atoms with E-state index in [4.69, 9.17) is 4.74 Å². The van der Waals surface area contributed by atoms with Crippen LogP contribution in [0.1, 0.15) is 59.8 Å². The maximum Gasteiger partial charge on any atom is 0.407 e. The van der Waals surface area contributed by atoms with E-state index in [-0.39, 0.29) is 6.09 Å². The highest BCUT2D eigenvalue weighted by Crippen LogP contribution is 2.53. The fourth-order valence-corrected chi connectivity index (χ4v) is 5.14. The molecule has 4 aliphatic carbocycles. The summed E-state index contributed by atoms with van der Waals surface area (Å²) in [6.45, 7) is 8.48. The van der Waals surface area contributed by atoms with Gasteiger partial charge in [0.2, 0.25) is 0 Å². The van der Waals surface area contributed by atoms with Gasteiger partial charge in [-0.3, -0.25) is 0 Å². The Balaban J connectivity index is 1.44. The van der Waals surface area contributed by atoms with Crippen LogP contribution < -0.4 is 10.6 Å². The molecule has 0 aromatic rings. The molecule has 4 heteroatoms. The normalized spacial score (nSPS) is 37.9. The Morgan fingerprint density at radius 2 is 1.64 bits per heavy atom. The van der Waals surface area contributed by atoms with Crippen molar-refractivity contribution in [3.8, 4) is 0 Å². The minimum atomic E-state index is -0.428. The second-order valence-corrected chi connectivity index (χ2v) is 8.91. The fourth-order valence-electron chi connectivity index (χ4n) is 5.14. The van der Waals surface area contributed by atoms with Gasteiger partial charge in [-0.15, -0.1) is 0 Å². The van der Waals surface area contributed by atoms with Gasteiger partial charge in [0.15, 0.2) is 0 Å². The Morgan fingerprint density at radius 3 is 2.14 bits per heavy atom. The minimum Gasteiger partial charge on any atom is -0.444 e. The summed E-state index contributed by atoms with van der Waals surface area (Å²) >= 11 is 0. The lowest BCUT2D eigenvalue weighted by atomic mass is 9.54. The summed E-state index contributed by atoms with van der Waals surface area (Å²) in [7, 11) is 0. The van der Waals surface area contributed by atoms with Gasteiger partial charge in [0.25, 0.3) is 0 Å². The molecule has 0 saturated heterocycles. The summed E-state index contributed by atoms with van der Waals surface area (Å²) in [5.74, 6) is 3.77. The Morgan fingerprint density at radius 1 is 1.09 bits per heavy atom. The average molecular weight is 308 g/mol. The number of alkyl carbamates (subject to hydrolysis) is 1. The van der Waals surface area contributed by atoms with Crippen LogP contribution in [0.25, 0.3) is 0 Å². The van der Waals surface area contributed by atoms with Crippen LogP contribution in [0, 0.1) is 23.7 Å². The van der Waals surface area contributed by atoms with Crippen LogP contribution in [-0.4, -0.2) is 30.3 Å². The van der Waals surface area contributed by atoms with Crippen LogP contribution >= 0.6 is 0 Å². The van der Waals surface area contributed by atoms with Crippen molar-refractivity contribution < 1.29 is 9.53 Å². The summed E-state index contributed by atoms with van der Waals surface area (Å²) in [5, 5.41) is 6.70. The van der Waals surface area contributed by atoms with E-state index >= 15 is 0 Å². The largest absolute Gasteiger partial charge is 0.444 e. The molecule has 22 heavy (non-hydrogen) atoms. The highest BCUT2D eigenvalue weighted by molar-refractivity contribution is 5.67. The van der Waals surface area contributed by atoms with Gasteiger partial charge in [0, 0.05) is 18.6 Å². The minimum absolute atomic E-state index is 0.301. The monoisotopic (exact) mass is 308 g/mol. The van der Waals surface area contributed by atoms with Crippen molar-refractivity contribution in [2.24, 2.45) is 23.7 Å². The molecule has 2 N–H and O–H groups in total.